The molecule has 3 fully saturated rings. The Labute approximate surface area is 125 Å². The third kappa shape index (κ3) is 2.43. The van der Waals surface area contributed by atoms with Crippen LogP contribution in [0.25, 0.3) is 0 Å². The van der Waals surface area contributed by atoms with E-state index in [-0.39, 0.29) is 0 Å². The Hall–Kier alpha value is -0.0800. The lowest BCUT2D eigenvalue weighted by Gasteiger charge is -2.52. The minimum atomic E-state index is 0.366. The van der Waals surface area contributed by atoms with Crippen molar-refractivity contribution in [3.63, 3.8) is 0 Å². The highest BCUT2D eigenvalue weighted by molar-refractivity contribution is 5.03. The van der Waals surface area contributed by atoms with Gasteiger partial charge in [0.2, 0.25) is 0 Å². The van der Waals surface area contributed by atoms with Crippen LogP contribution in [0.4, 0.5) is 0 Å². The number of rotatable bonds is 3. The van der Waals surface area contributed by atoms with Crippen LogP contribution < -0.4 is 5.73 Å². The second-order valence-electron chi connectivity index (χ2n) is 7.85. The van der Waals surface area contributed by atoms with Crippen molar-refractivity contribution in [1.29, 1.82) is 0 Å². The van der Waals surface area contributed by atoms with E-state index in [9.17, 15) is 0 Å². The largest absolute Gasteiger partial charge is 0.329 e. The number of piperidine rings is 1. The molecular formula is C18H34N2. The molecular weight excluding hydrogens is 244 g/mol. The van der Waals surface area contributed by atoms with Crippen LogP contribution in [0.5, 0.6) is 0 Å². The minimum Gasteiger partial charge on any atom is -0.329 e. The zero-order valence-corrected chi connectivity index (χ0v) is 13.5. The average Bonchev–Trinajstić information content (AvgIpc) is 2.93. The molecule has 3 rings (SSSR count). The molecule has 3 aliphatic rings. The first-order valence-corrected chi connectivity index (χ1v) is 9.20. The van der Waals surface area contributed by atoms with Crippen molar-refractivity contribution in [2.75, 3.05) is 19.6 Å². The van der Waals surface area contributed by atoms with Gasteiger partial charge in [0.1, 0.15) is 0 Å². The molecule has 0 aromatic rings. The number of nitrogens with zero attached hydrogens (tertiary/aromatic N) is 1. The van der Waals surface area contributed by atoms with Crippen molar-refractivity contribution in [3.05, 3.63) is 0 Å². The van der Waals surface area contributed by atoms with E-state index in [1.54, 1.807) is 0 Å². The monoisotopic (exact) mass is 278 g/mol. The standard InChI is InChI=1S/C18H34N2/c1-2-16-7-6-10-18(16,15-19)20-13-11-17(12-14-20)8-4-3-5-9-17/h16H,2-15,19H2,1H3. The van der Waals surface area contributed by atoms with Crippen LogP contribution in [0.1, 0.15) is 77.6 Å². The molecule has 116 valence electrons. The van der Waals surface area contributed by atoms with Gasteiger partial charge in [0, 0.05) is 12.1 Å². The van der Waals surface area contributed by atoms with Crippen LogP contribution in [-0.2, 0) is 0 Å². The van der Waals surface area contributed by atoms with Gasteiger partial charge in [-0.05, 0) is 62.9 Å². The maximum atomic E-state index is 6.29. The summed E-state index contributed by atoms with van der Waals surface area (Å²) in [5, 5.41) is 0. The molecule has 2 nitrogen and oxygen atoms in total. The van der Waals surface area contributed by atoms with Gasteiger partial charge in [-0.1, -0.05) is 39.0 Å². The molecule has 2 unspecified atom stereocenters. The number of nitrogens with two attached hydrogens (primary N) is 1. The zero-order valence-electron chi connectivity index (χ0n) is 13.5. The molecule has 1 saturated heterocycles. The summed E-state index contributed by atoms with van der Waals surface area (Å²) in [6, 6.07) is 0. The Balaban J connectivity index is 1.67. The van der Waals surface area contributed by atoms with Gasteiger partial charge in [0.15, 0.2) is 0 Å². The van der Waals surface area contributed by atoms with Crippen molar-refractivity contribution in [1.82, 2.24) is 4.90 Å². The summed E-state index contributed by atoms with van der Waals surface area (Å²) >= 11 is 0. The fourth-order valence-electron chi connectivity index (χ4n) is 5.75. The summed E-state index contributed by atoms with van der Waals surface area (Å²) in [4.78, 5) is 2.83. The first-order chi connectivity index (χ1) is 9.75. The normalized spacial score (nSPS) is 38.4. The summed E-state index contributed by atoms with van der Waals surface area (Å²) in [5.41, 5.74) is 7.39. The van der Waals surface area contributed by atoms with E-state index in [0.717, 1.165) is 17.9 Å². The second kappa shape index (κ2) is 5.96. The van der Waals surface area contributed by atoms with Gasteiger partial charge in [0.25, 0.3) is 0 Å². The Morgan fingerprint density at radius 1 is 0.950 bits per heavy atom. The van der Waals surface area contributed by atoms with Gasteiger partial charge in [-0.3, -0.25) is 4.90 Å². The van der Waals surface area contributed by atoms with E-state index in [0.29, 0.717) is 5.54 Å². The smallest absolute Gasteiger partial charge is 0.0359 e. The summed E-state index contributed by atoms with van der Waals surface area (Å²) in [6.45, 7) is 5.91. The summed E-state index contributed by atoms with van der Waals surface area (Å²) in [7, 11) is 0. The first-order valence-electron chi connectivity index (χ1n) is 9.20. The molecule has 1 aliphatic heterocycles. The van der Waals surface area contributed by atoms with E-state index in [4.69, 9.17) is 5.73 Å². The number of hydrogen-bond donors (Lipinski definition) is 1. The molecule has 2 aliphatic carbocycles. The van der Waals surface area contributed by atoms with Crippen LogP contribution in [0.15, 0.2) is 0 Å². The first kappa shape index (κ1) is 14.8. The van der Waals surface area contributed by atoms with Crippen molar-refractivity contribution in [2.45, 2.75) is 83.1 Å². The Bertz CT molecular complexity index is 311. The van der Waals surface area contributed by atoms with Crippen molar-refractivity contribution in [2.24, 2.45) is 17.1 Å². The molecule has 0 aromatic carbocycles. The van der Waals surface area contributed by atoms with Gasteiger partial charge < -0.3 is 5.73 Å². The molecule has 0 radical (unpaired) electrons. The van der Waals surface area contributed by atoms with Crippen LogP contribution in [0, 0.1) is 11.3 Å². The van der Waals surface area contributed by atoms with Gasteiger partial charge >= 0.3 is 0 Å². The van der Waals surface area contributed by atoms with Gasteiger partial charge in [-0.25, -0.2) is 0 Å². The van der Waals surface area contributed by atoms with E-state index in [1.807, 2.05) is 0 Å². The lowest BCUT2D eigenvalue weighted by Crippen LogP contribution is -2.59. The van der Waals surface area contributed by atoms with E-state index >= 15 is 0 Å². The molecule has 2 saturated carbocycles. The van der Waals surface area contributed by atoms with Gasteiger partial charge in [-0.15, -0.1) is 0 Å². The fraction of sp³-hybridized carbons (Fsp3) is 1.00. The van der Waals surface area contributed by atoms with Gasteiger partial charge in [0.05, 0.1) is 0 Å². The van der Waals surface area contributed by atoms with E-state index in [2.05, 4.69) is 11.8 Å². The molecule has 1 spiro atoms. The molecule has 0 aromatic heterocycles. The third-order valence-electron chi connectivity index (χ3n) is 7.14. The zero-order chi connectivity index (χ0) is 14.1. The fourth-order valence-corrected chi connectivity index (χ4v) is 5.75. The second-order valence-corrected chi connectivity index (χ2v) is 7.85. The minimum absolute atomic E-state index is 0.366. The molecule has 2 N–H and O–H groups in total. The number of hydrogen-bond acceptors (Lipinski definition) is 2. The predicted octanol–water partition coefficient (Wildman–Crippen LogP) is 3.94. The van der Waals surface area contributed by atoms with Crippen LogP contribution in [0.2, 0.25) is 0 Å². The molecule has 1 heterocycles. The Kier molecular flexibility index (Phi) is 4.42. The summed E-state index contributed by atoms with van der Waals surface area (Å²) < 4.78 is 0. The molecule has 20 heavy (non-hydrogen) atoms. The third-order valence-corrected chi connectivity index (χ3v) is 7.14. The maximum absolute atomic E-state index is 6.29. The Morgan fingerprint density at radius 3 is 2.25 bits per heavy atom. The molecule has 2 heteroatoms. The highest BCUT2D eigenvalue weighted by atomic mass is 15.2. The lowest BCUT2D eigenvalue weighted by molar-refractivity contribution is -0.0147. The molecule has 0 bridgehead atoms. The molecule has 0 amide bonds. The highest BCUT2D eigenvalue weighted by Gasteiger charge is 2.48. The van der Waals surface area contributed by atoms with Gasteiger partial charge in [-0.2, -0.15) is 0 Å². The highest BCUT2D eigenvalue weighted by Crippen LogP contribution is 2.48. The van der Waals surface area contributed by atoms with Crippen molar-refractivity contribution in [3.8, 4) is 0 Å². The topological polar surface area (TPSA) is 29.3 Å². The maximum Gasteiger partial charge on any atom is 0.0359 e. The van der Waals surface area contributed by atoms with E-state index in [1.165, 1.54) is 83.7 Å². The van der Waals surface area contributed by atoms with Crippen LogP contribution in [-0.4, -0.2) is 30.1 Å². The summed E-state index contributed by atoms with van der Waals surface area (Å²) in [5.74, 6) is 0.855. The average molecular weight is 278 g/mol. The lowest BCUT2D eigenvalue weighted by atomic mass is 9.67. The van der Waals surface area contributed by atoms with Crippen molar-refractivity contribution < 1.29 is 0 Å². The SMILES string of the molecule is CCC1CCCC1(CN)N1CCC2(CCCCC2)CC1. The molecule has 2 atom stereocenters. The van der Waals surface area contributed by atoms with E-state index < -0.39 is 0 Å². The Morgan fingerprint density at radius 2 is 1.65 bits per heavy atom. The predicted molar refractivity (Wildman–Crippen MR) is 85.7 cm³/mol. The van der Waals surface area contributed by atoms with Crippen LogP contribution in [0.3, 0.4) is 0 Å². The summed E-state index contributed by atoms with van der Waals surface area (Å²) in [6.07, 6.45) is 15.9. The van der Waals surface area contributed by atoms with Crippen LogP contribution >= 0.6 is 0 Å². The van der Waals surface area contributed by atoms with Crippen molar-refractivity contribution >= 4 is 0 Å². The number of likely N-dealkylation sites (tertiary alicyclic amines) is 1. The quantitative estimate of drug-likeness (QED) is 0.847.